The average molecular weight is 294 g/mol. The van der Waals surface area contributed by atoms with Gasteiger partial charge in [-0.3, -0.25) is 14.3 Å². The van der Waals surface area contributed by atoms with Crippen LogP contribution in [0, 0.1) is 6.92 Å². The number of pyridine rings is 1. The van der Waals surface area contributed by atoms with Crippen molar-refractivity contribution < 1.29 is 4.79 Å². The Morgan fingerprint density at radius 3 is 2.86 bits per heavy atom. The molecule has 1 aromatic carbocycles. The molecule has 0 aliphatic heterocycles. The highest BCUT2D eigenvalue weighted by atomic mass is 16.2. The Bertz CT molecular complexity index is 902. The summed E-state index contributed by atoms with van der Waals surface area (Å²) in [7, 11) is 0. The molecule has 0 aliphatic rings. The molecule has 22 heavy (non-hydrogen) atoms. The number of carbonyl (C=O) groups is 1. The summed E-state index contributed by atoms with van der Waals surface area (Å²) < 4.78 is 1.50. The summed E-state index contributed by atoms with van der Waals surface area (Å²) in [5, 5.41) is 7.32. The van der Waals surface area contributed by atoms with Crippen LogP contribution in [0.2, 0.25) is 0 Å². The Balaban J connectivity index is 1.88. The van der Waals surface area contributed by atoms with Crippen LogP contribution in [0.1, 0.15) is 5.56 Å². The van der Waals surface area contributed by atoms with Gasteiger partial charge in [0.25, 0.3) is 0 Å². The fraction of sp³-hybridized carbons (Fsp3) is 0.125. The van der Waals surface area contributed by atoms with Gasteiger partial charge in [-0.1, -0.05) is 18.2 Å². The van der Waals surface area contributed by atoms with Crippen molar-refractivity contribution in [1.29, 1.82) is 0 Å². The Labute approximate surface area is 126 Å². The van der Waals surface area contributed by atoms with E-state index >= 15 is 0 Å². The number of aromatic nitrogens is 3. The Kier molecular flexibility index (Phi) is 3.65. The summed E-state index contributed by atoms with van der Waals surface area (Å²) >= 11 is 0. The average Bonchev–Trinajstić information content (AvgIpc) is 2.53. The molecule has 2 aromatic heterocycles. The topological polar surface area (TPSA) is 76.9 Å². The van der Waals surface area contributed by atoms with E-state index in [-0.39, 0.29) is 17.9 Å². The number of carbonyl (C=O) groups excluding carboxylic acids is 1. The smallest absolute Gasteiger partial charge is 0.247 e. The molecule has 0 radical (unpaired) electrons. The second kappa shape index (κ2) is 5.77. The van der Waals surface area contributed by atoms with Gasteiger partial charge in [0.05, 0.1) is 11.7 Å². The van der Waals surface area contributed by atoms with Crippen molar-refractivity contribution in [2.45, 2.75) is 13.5 Å². The number of hydrogen-bond donors (Lipinski definition) is 1. The number of hydrogen-bond acceptors (Lipinski definition) is 4. The van der Waals surface area contributed by atoms with Gasteiger partial charge in [-0.15, -0.1) is 0 Å². The maximum Gasteiger partial charge on any atom is 0.247 e. The largest absolute Gasteiger partial charge is 0.309 e. The number of rotatable bonds is 3. The lowest BCUT2D eigenvalue weighted by Crippen LogP contribution is -2.23. The van der Waals surface area contributed by atoms with E-state index in [0.29, 0.717) is 16.7 Å². The zero-order valence-electron chi connectivity index (χ0n) is 12.0. The molecule has 0 aliphatic carbocycles. The molecule has 1 amide bonds. The third kappa shape index (κ3) is 2.71. The summed E-state index contributed by atoms with van der Waals surface area (Å²) in [6, 6.07) is 10.8. The van der Waals surface area contributed by atoms with E-state index in [1.54, 1.807) is 30.5 Å². The van der Waals surface area contributed by atoms with Crippen molar-refractivity contribution in [3.8, 4) is 0 Å². The van der Waals surface area contributed by atoms with Gasteiger partial charge in [0.15, 0.2) is 0 Å². The van der Waals surface area contributed by atoms with Gasteiger partial charge in [-0.25, -0.2) is 4.98 Å². The number of fused-ring (bicyclic) bond motifs is 1. The van der Waals surface area contributed by atoms with Crippen LogP contribution >= 0.6 is 0 Å². The molecule has 110 valence electrons. The van der Waals surface area contributed by atoms with Crippen LogP contribution in [0.5, 0.6) is 0 Å². The van der Waals surface area contributed by atoms with E-state index in [1.165, 1.54) is 10.9 Å². The third-order valence-corrected chi connectivity index (χ3v) is 3.32. The fourth-order valence-electron chi connectivity index (χ4n) is 2.21. The molecule has 6 nitrogen and oxygen atoms in total. The maximum atomic E-state index is 12.2. The molecule has 0 fully saturated rings. The molecule has 6 heteroatoms. The molecule has 1 N–H and O–H groups in total. The fourth-order valence-corrected chi connectivity index (χ4v) is 2.21. The Morgan fingerprint density at radius 2 is 2.05 bits per heavy atom. The van der Waals surface area contributed by atoms with Crippen LogP contribution in [0.3, 0.4) is 0 Å². The van der Waals surface area contributed by atoms with Crippen molar-refractivity contribution in [3.63, 3.8) is 0 Å². The lowest BCUT2D eigenvalue weighted by Gasteiger charge is -2.10. The van der Waals surface area contributed by atoms with E-state index in [0.717, 1.165) is 5.56 Å². The molecule has 0 unspecified atom stereocenters. The van der Waals surface area contributed by atoms with Gasteiger partial charge in [-0.2, -0.15) is 5.10 Å². The number of anilines is 1. The maximum absolute atomic E-state index is 12.2. The predicted molar refractivity (Wildman–Crippen MR) is 83.6 cm³/mol. The number of aryl methyl sites for hydroxylation is 1. The molecule has 2 heterocycles. The number of nitrogens with zero attached hydrogens (tertiary/aromatic N) is 3. The number of amides is 1. The van der Waals surface area contributed by atoms with Crippen molar-refractivity contribution in [1.82, 2.24) is 14.8 Å². The summed E-state index contributed by atoms with van der Waals surface area (Å²) in [5.41, 5.74) is 1.35. The summed E-state index contributed by atoms with van der Waals surface area (Å²) in [6.45, 7) is 1.88. The highest BCUT2D eigenvalue weighted by Crippen LogP contribution is 2.10. The predicted octanol–water partition coefficient (Wildman–Crippen LogP) is 1.74. The minimum absolute atomic E-state index is 0.0107. The summed E-state index contributed by atoms with van der Waals surface area (Å²) in [6.07, 6.45) is 2.84. The number of para-hydroxylation sites is 1. The molecule has 0 saturated carbocycles. The van der Waals surface area contributed by atoms with Gasteiger partial charge in [0.1, 0.15) is 12.4 Å². The second-order valence-corrected chi connectivity index (χ2v) is 4.90. The lowest BCUT2D eigenvalue weighted by atomic mass is 10.2. The van der Waals surface area contributed by atoms with E-state index in [9.17, 15) is 9.59 Å². The van der Waals surface area contributed by atoms with Crippen LogP contribution in [-0.2, 0) is 11.3 Å². The van der Waals surface area contributed by atoms with Crippen molar-refractivity contribution in [2.75, 3.05) is 5.32 Å². The summed E-state index contributed by atoms with van der Waals surface area (Å²) in [5.74, 6) is 0.279. The van der Waals surface area contributed by atoms with E-state index < -0.39 is 0 Å². The first-order chi connectivity index (χ1) is 10.6. The molecule has 3 aromatic rings. The van der Waals surface area contributed by atoms with Gasteiger partial charge < -0.3 is 5.32 Å². The van der Waals surface area contributed by atoms with Crippen LogP contribution in [0.25, 0.3) is 10.9 Å². The SMILES string of the molecule is Cc1cccnc1NC(=O)Cn1ncc(=O)c2ccccc21. The summed E-state index contributed by atoms with van der Waals surface area (Å²) in [4.78, 5) is 28.1. The van der Waals surface area contributed by atoms with Crippen molar-refractivity contribution in [3.05, 3.63) is 64.6 Å². The number of benzene rings is 1. The van der Waals surface area contributed by atoms with Crippen LogP contribution < -0.4 is 10.7 Å². The Hall–Kier alpha value is -3.02. The standard InChI is InChI=1S/C16H14N4O2/c1-11-5-4-8-17-16(11)19-15(22)10-20-13-7-3-2-6-12(13)14(21)9-18-20/h2-9H,10H2,1H3,(H,17,19,22). The molecule has 3 rings (SSSR count). The van der Waals surface area contributed by atoms with Gasteiger partial charge in [-0.05, 0) is 30.7 Å². The van der Waals surface area contributed by atoms with Crippen molar-refractivity contribution >= 4 is 22.6 Å². The molecule has 0 atom stereocenters. The second-order valence-electron chi connectivity index (χ2n) is 4.90. The Morgan fingerprint density at radius 1 is 1.23 bits per heavy atom. The molecular weight excluding hydrogens is 280 g/mol. The van der Waals surface area contributed by atoms with E-state index in [2.05, 4.69) is 15.4 Å². The third-order valence-electron chi connectivity index (χ3n) is 3.32. The van der Waals surface area contributed by atoms with Gasteiger partial charge >= 0.3 is 0 Å². The molecule has 0 saturated heterocycles. The molecule has 0 bridgehead atoms. The normalized spacial score (nSPS) is 10.6. The molecular formula is C16H14N4O2. The van der Waals surface area contributed by atoms with Gasteiger partial charge in [0.2, 0.25) is 11.3 Å². The highest BCUT2D eigenvalue weighted by molar-refractivity contribution is 5.91. The van der Waals surface area contributed by atoms with Crippen LogP contribution in [0.4, 0.5) is 5.82 Å². The molecule has 0 spiro atoms. The monoisotopic (exact) mass is 294 g/mol. The first kappa shape index (κ1) is 13.9. The zero-order valence-corrected chi connectivity index (χ0v) is 12.0. The van der Waals surface area contributed by atoms with Crippen LogP contribution in [-0.4, -0.2) is 20.7 Å². The van der Waals surface area contributed by atoms with Crippen LogP contribution in [0.15, 0.2) is 53.6 Å². The van der Waals surface area contributed by atoms with Crippen molar-refractivity contribution in [2.24, 2.45) is 0 Å². The highest BCUT2D eigenvalue weighted by Gasteiger charge is 2.09. The first-order valence-corrected chi connectivity index (χ1v) is 6.81. The van der Waals surface area contributed by atoms with E-state index in [1.807, 2.05) is 19.1 Å². The number of nitrogens with one attached hydrogen (secondary N) is 1. The van der Waals surface area contributed by atoms with E-state index in [4.69, 9.17) is 0 Å². The first-order valence-electron chi connectivity index (χ1n) is 6.81. The quantitative estimate of drug-likeness (QED) is 0.798. The zero-order chi connectivity index (χ0) is 15.5. The lowest BCUT2D eigenvalue weighted by molar-refractivity contribution is -0.116. The minimum atomic E-state index is -0.247. The van der Waals surface area contributed by atoms with Gasteiger partial charge in [0, 0.05) is 11.6 Å². The minimum Gasteiger partial charge on any atom is -0.309 e.